The molecule has 0 aliphatic carbocycles. The van der Waals surface area contributed by atoms with E-state index in [4.69, 9.17) is 5.73 Å². The normalized spacial score (nSPS) is 12.9. The van der Waals surface area contributed by atoms with Gasteiger partial charge in [-0.05, 0) is 30.2 Å². The van der Waals surface area contributed by atoms with Crippen LogP contribution < -0.4 is 16.4 Å². The van der Waals surface area contributed by atoms with Crippen LogP contribution in [0.15, 0.2) is 59.1 Å². The molecule has 5 nitrogen and oxygen atoms in total. The first-order valence-corrected chi connectivity index (χ1v) is 8.40. The van der Waals surface area contributed by atoms with Crippen molar-refractivity contribution >= 4 is 27.9 Å². The van der Waals surface area contributed by atoms with Crippen molar-refractivity contribution in [2.45, 2.75) is 25.4 Å². The first-order valence-electron chi connectivity index (χ1n) is 7.61. The topological polar surface area (TPSA) is 84.2 Å². The molecule has 0 aliphatic rings. The summed E-state index contributed by atoms with van der Waals surface area (Å²) in [6, 6.07) is 15.9. The molecule has 3 amide bonds. The molecule has 2 aromatic rings. The summed E-state index contributed by atoms with van der Waals surface area (Å²) in [5.74, 6) is -0.162. The average molecular weight is 390 g/mol. The molecule has 0 fully saturated rings. The Hall–Kier alpha value is -2.34. The number of benzene rings is 2. The van der Waals surface area contributed by atoms with E-state index in [1.54, 1.807) is 0 Å². The number of amides is 3. The van der Waals surface area contributed by atoms with E-state index < -0.39 is 12.1 Å². The van der Waals surface area contributed by atoms with Crippen molar-refractivity contribution in [2.75, 3.05) is 0 Å². The van der Waals surface area contributed by atoms with Gasteiger partial charge in [0.1, 0.15) is 0 Å². The zero-order valence-corrected chi connectivity index (χ0v) is 14.9. The number of carbonyl (C=O) groups excluding carboxylic acids is 2. The van der Waals surface area contributed by atoms with Gasteiger partial charge in [0, 0.05) is 4.47 Å². The fraction of sp³-hybridized carbons (Fsp3) is 0.222. The Bertz CT molecular complexity index is 706. The van der Waals surface area contributed by atoms with Gasteiger partial charge in [-0.1, -0.05) is 58.4 Å². The Balaban J connectivity index is 2.06. The highest BCUT2D eigenvalue weighted by molar-refractivity contribution is 9.10. The van der Waals surface area contributed by atoms with Gasteiger partial charge in [0.2, 0.25) is 5.91 Å². The Morgan fingerprint density at radius 2 is 1.71 bits per heavy atom. The molecule has 0 saturated carbocycles. The number of halogens is 1. The maximum absolute atomic E-state index is 12.4. The fourth-order valence-corrected chi connectivity index (χ4v) is 2.88. The Labute approximate surface area is 149 Å². The average Bonchev–Trinajstić information content (AvgIpc) is 2.54. The van der Waals surface area contributed by atoms with Crippen LogP contribution >= 0.6 is 15.9 Å². The third-order valence-electron chi connectivity index (χ3n) is 3.63. The smallest absolute Gasteiger partial charge is 0.312 e. The van der Waals surface area contributed by atoms with E-state index in [1.165, 1.54) is 0 Å². The second kappa shape index (κ2) is 8.49. The number of nitrogens with one attached hydrogen (secondary N) is 2. The van der Waals surface area contributed by atoms with Crippen molar-refractivity contribution in [2.24, 2.45) is 5.73 Å². The summed E-state index contributed by atoms with van der Waals surface area (Å²) in [6.45, 7) is 1.92. The van der Waals surface area contributed by atoms with Crippen LogP contribution in [0, 0.1) is 0 Å². The molecule has 0 bridgehead atoms. The molecule has 0 aromatic heterocycles. The van der Waals surface area contributed by atoms with E-state index in [-0.39, 0.29) is 18.4 Å². The van der Waals surface area contributed by atoms with E-state index >= 15 is 0 Å². The first kappa shape index (κ1) is 18.0. The monoisotopic (exact) mass is 389 g/mol. The second-order valence-electron chi connectivity index (χ2n) is 5.52. The third kappa shape index (κ3) is 5.38. The van der Waals surface area contributed by atoms with Gasteiger partial charge in [-0.15, -0.1) is 0 Å². The molecular formula is C18H20BrN3O2. The Morgan fingerprint density at radius 1 is 1.04 bits per heavy atom. The van der Waals surface area contributed by atoms with Gasteiger partial charge in [-0.2, -0.15) is 0 Å². The summed E-state index contributed by atoms with van der Waals surface area (Å²) < 4.78 is 0.870. The number of hydrogen-bond donors (Lipinski definition) is 3. The standard InChI is InChI=1S/C18H20BrN3O2/c1-12(13-6-3-2-4-7-13)21-17(23)11-16(22-18(20)24)14-8-5-9-15(19)10-14/h2-10,12,16H,11H2,1H3,(H,21,23)(H3,20,22,24). The fourth-order valence-electron chi connectivity index (χ4n) is 2.46. The van der Waals surface area contributed by atoms with Crippen molar-refractivity contribution in [1.82, 2.24) is 10.6 Å². The van der Waals surface area contributed by atoms with Gasteiger partial charge >= 0.3 is 6.03 Å². The van der Waals surface area contributed by atoms with Gasteiger partial charge in [-0.3, -0.25) is 4.79 Å². The minimum atomic E-state index is -0.663. The minimum absolute atomic E-state index is 0.108. The number of carbonyl (C=O) groups is 2. The summed E-state index contributed by atoms with van der Waals surface area (Å²) in [5, 5.41) is 5.57. The first-order chi connectivity index (χ1) is 11.5. The van der Waals surface area contributed by atoms with Crippen LogP contribution in [0.4, 0.5) is 4.79 Å². The second-order valence-corrected chi connectivity index (χ2v) is 6.44. The van der Waals surface area contributed by atoms with Crippen LogP contribution in [-0.4, -0.2) is 11.9 Å². The summed E-state index contributed by atoms with van der Waals surface area (Å²) in [6.07, 6.45) is 0.108. The lowest BCUT2D eigenvalue weighted by molar-refractivity contribution is -0.122. The van der Waals surface area contributed by atoms with Crippen LogP contribution in [0.1, 0.15) is 36.6 Å². The number of hydrogen-bond acceptors (Lipinski definition) is 2. The lowest BCUT2D eigenvalue weighted by Crippen LogP contribution is -2.37. The molecule has 2 unspecified atom stereocenters. The van der Waals surface area contributed by atoms with Crippen LogP contribution in [-0.2, 0) is 4.79 Å². The van der Waals surface area contributed by atoms with Crippen molar-refractivity contribution in [3.8, 4) is 0 Å². The SMILES string of the molecule is CC(NC(=O)CC(NC(N)=O)c1cccc(Br)c1)c1ccccc1. The van der Waals surface area contributed by atoms with Crippen LogP contribution in [0.2, 0.25) is 0 Å². The van der Waals surface area contributed by atoms with Crippen molar-refractivity contribution in [3.63, 3.8) is 0 Å². The van der Waals surface area contributed by atoms with Crippen LogP contribution in [0.3, 0.4) is 0 Å². The molecule has 2 rings (SSSR count). The zero-order chi connectivity index (χ0) is 17.5. The van der Waals surface area contributed by atoms with Gasteiger partial charge in [0.05, 0.1) is 18.5 Å². The van der Waals surface area contributed by atoms with Crippen LogP contribution in [0.5, 0.6) is 0 Å². The minimum Gasteiger partial charge on any atom is -0.352 e. The predicted octanol–water partition coefficient (Wildman–Crippen LogP) is 3.43. The Kier molecular flexibility index (Phi) is 6.37. The number of rotatable bonds is 6. The van der Waals surface area contributed by atoms with Gasteiger partial charge in [0.25, 0.3) is 0 Å². The van der Waals surface area contributed by atoms with E-state index in [1.807, 2.05) is 61.5 Å². The highest BCUT2D eigenvalue weighted by Gasteiger charge is 2.19. The lowest BCUT2D eigenvalue weighted by atomic mass is 10.0. The van der Waals surface area contributed by atoms with Gasteiger partial charge in [-0.25, -0.2) is 4.79 Å². The van der Waals surface area contributed by atoms with E-state index in [2.05, 4.69) is 26.6 Å². The van der Waals surface area contributed by atoms with Gasteiger partial charge in [0.15, 0.2) is 0 Å². The molecule has 0 radical (unpaired) electrons. The largest absolute Gasteiger partial charge is 0.352 e. The van der Waals surface area contributed by atoms with E-state index in [0.717, 1.165) is 15.6 Å². The summed E-state index contributed by atoms with van der Waals surface area (Å²) in [5.41, 5.74) is 7.08. The molecule has 0 saturated heterocycles. The molecule has 2 atom stereocenters. The Morgan fingerprint density at radius 3 is 2.33 bits per heavy atom. The molecule has 2 aromatic carbocycles. The molecule has 0 aliphatic heterocycles. The highest BCUT2D eigenvalue weighted by Crippen LogP contribution is 2.21. The van der Waals surface area contributed by atoms with Crippen molar-refractivity contribution in [1.29, 1.82) is 0 Å². The van der Waals surface area contributed by atoms with Crippen molar-refractivity contribution in [3.05, 3.63) is 70.2 Å². The number of primary amides is 1. The maximum atomic E-state index is 12.4. The molecular weight excluding hydrogens is 370 g/mol. The zero-order valence-electron chi connectivity index (χ0n) is 13.3. The predicted molar refractivity (Wildman–Crippen MR) is 97.2 cm³/mol. The summed E-state index contributed by atoms with van der Waals surface area (Å²) >= 11 is 3.39. The molecule has 24 heavy (non-hydrogen) atoms. The number of nitrogens with two attached hydrogens (primary N) is 1. The van der Waals surface area contributed by atoms with Crippen LogP contribution in [0.25, 0.3) is 0 Å². The van der Waals surface area contributed by atoms with Crippen molar-refractivity contribution < 1.29 is 9.59 Å². The molecule has 6 heteroatoms. The van der Waals surface area contributed by atoms with Gasteiger partial charge < -0.3 is 16.4 Å². The molecule has 0 heterocycles. The molecule has 0 spiro atoms. The highest BCUT2D eigenvalue weighted by atomic mass is 79.9. The summed E-state index contributed by atoms with van der Waals surface area (Å²) in [7, 11) is 0. The van der Waals surface area contributed by atoms with E-state index in [0.29, 0.717) is 0 Å². The molecule has 4 N–H and O–H groups in total. The maximum Gasteiger partial charge on any atom is 0.312 e. The van der Waals surface area contributed by atoms with E-state index in [9.17, 15) is 9.59 Å². The quantitative estimate of drug-likeness (QED) is 0.706. The molecule has 126 valence electrons. The third-order valence-corrected chi connectivity index (χ3v) is 4.13. The number of urea groups is 1. The summed E-state index contributed by atoms with van der Waals surface area (Å²) in [4.78, 5) is 23.6. The lowest BCUT2D eigenvalue weighted by Gasteiger charge is -2.20.